The van der Waals surface area contributed by atoms with Crippen molar-refractivity contribution in [2.24, 2.45) is 5.73 Å². The maximum Gasteiger partial charge on any atom is 0.408 e. The lowest BCUT2D eigenvalue weighted by Gasteiger charge is -2.37. The molecule has 39 heavy (non-hydrogen) atoms. The van der Waals surface area contributed by atoms with Crippen LogP contribution in [0, 0.1) is 0 Å². The highest BCUT2D eigenvalue weighted by Crippen LogP contribution is 2.29. The predicted molar refractivity (Wildman–Crippen MR) is 147 cm³/mol. The van der Waals surface area contributed by atoms with Gasteiger partial charge in [-0.2, -0.15) is 8.42 Å². The third kappa shape index (κ3) is 8.98. The molecule has 1 aliphatic carbocycles. The first-order chi connectivity index (χ1) is 18.2. The molecule has 10 nitrogen and oxygen atoms in total. The van der Waals surface area contributed by atoms with Gasteiger partial charge in [-0.25, -0.2) is 4.79 Å². The summed E-state index contributed by atoms with van der Waals surface area (Å²) < 4.78 is 32.8. The van der Waals surface area contributed by atoms with E-state index in [0.29, 0.717) is 12.8 Å². The molecule has 1 aliphatic rings. The quantitative estimate of drug-likeness (QED) is 0.398. The van der Waals surface area contributed by atoms with E-state index >= 15 is 0 Å². The van der Waals surface area contributed by atoms with Gasteiger partial charge in [-0.05, 0) is 62.4 Å². The summed E-state index contributed by atoms with van der Waals surface area (Å²) in [7, 11) is -3.61. The fourth-order valence-electron chi connectivity index (χ4n) is 4.53. The molecular formula is C28H37N3O7S. The highest BCUT2D eigenvalue weighted by Gasteiger charge is 2.43. The number of rotatable bonds is 9. The molecule has 1 unspecified atom stereocenters. The summed E-state index contributed by atoms with van der Waals surface area (Å²) in [6, 6.07) is 13.0. The smallest absolute Gasteiger partial charge is 0.408 e. The van der Waals surface area contributed by atoms with Crippen molar-refractivity contribution in [3.05, 3.63) is 54.1 Å². The number of nitrogens with two attached hydrogens (primary N) is 1. The zero-order valence-corrected chi connectivity index (χ0v) is 23.6. The average molecular weight is 560 g/mol. The van der Waals surface area contributed by atoms with Gasteiger partial charge in [0.15, 0.2) is 0 Å². The van der Waals surface area contributed by atoms with Gasteiger partial charge < -0.3 is 25.3 Å². The molecule has 3 rings (SSSR count). The van der Waals surface area contributed by atoms with Crippen LogP contribution >= 0.6 is 0 Å². The molecule has 0 aliphatic heterocycles. The number of carbonyl (C=O) groups is 3. The normalized spacial score (nSPS) is 16.0. The Morgan fingerprint density at radius 3 is 1.97 bits per heavy atom. The lowest BCUT2D eigenvalue weighted by molar-refractivity contribution is -0.133. The number of amides is 3. The summed E-state index contributed by atoms with van der Waals surface area (Å²) in [4.78, 5) is 38.3. The molecule has 2 aromatic rings. The van der Waals surface area contributed by atoms with Crippen molar-refractivity contribution >= 4 is 28.0 Å². The van der Waals surface area contributed by atoms with Crippen molar-refractivity contribution < 1.29 is 31.7 Å². The minimum Gasteiger partial charge on any atom is -0.444 e. The number of hydrogen-bond acceptors (Lipinski definition) is 7. The van der Waals surface area contributed by atoms with E-state index in [2.05, 4.69) is 10.6 Å². The maximum atomic E-state index is 13.4. The van der Waals surface area contributed by atoms with E-state index in [0.717, 1.165) is 42.2 Å². The van der Waals surface area contributed by atoms with Gasteiger partial charge in [0, 0.05) is 6.42 Å². The molecule has 0 radical (unpaired) electrons. The van der Waals surface area contributed by atoms with Gasteiger partial charge in [0.25, 0.3) is 0 Å². The van der Waals surface area contributed by atoms with Crippen LogP contribution in [0.1, 0.15) is 58.4 Å². The summed E-state index contributed by atoms with van der Waals surface area (Å²) >= 11 is 0. The van der Waals surface area contributed by atoms with E-state index in [1.54, 1.807) is 45.0 Å². The average Bonchev–Trinajstić information content (AvgIpc) is 2.83. The Morgan fingerprint density at radius 2 is 1.49 bits per heavy atom. The van der Waals surface area contributed by atoms with Crippen molar-refractivity contribution in [3.8, 4) is 16.9 Å². The Labute approximate surface area is 229 Å². The molecule has 0 saturated heterocycles. The van der Waals surface area contributed by atoms with Crippen LogP contribution in [0.15, 0.2) is 48.5 Å². The molecule has 212 valence electrons. The first kappa shape index (κ1) is 29.9. The van der Waals surface area contributed by atoms with Gasteiger partial charge in [0.2, 0.25) is 11.8 Å². The van der Waals surface area contributed by atoms with Gasteiger partial charge in [-0.3, -0.25) is 9.59 Å². The number of carbonyl (C=O) groups excluding carboxylic acids is 3. The summed E-state index contributed by atoms with van der Waals surface area (Å²) in [5, 5.41) is 5.54. The number of primary amides is 1. The second-order valence-corrected chi connectivity index (χ2v) is 12.5. The van der Waals surface area contributed by atoms with Crippen LogP contribution in [0.5, 0.6) is 5.75 Å². The van der Waals surface area contributed by atoms with Crippen LogP contribution in [-0.4, -0.2) is 49.8 Å². The fourth-order valence-corrected chi connectivity index (χ4v) is 4.99. The SMILES string of the molecule is CC(C)(C)OC(=O)NC1(C(=O)NC(Cc2ccc(-c3ccc(OS(C)(=O)=O)cc3)cc2)C(N)=O)CCCCC1. The second-order valence-electron chi connectivity index (χ2n) is 10.9. The minimum atomic E-state index is -3.61. The molecule has 0 aromatic heterocycles. The van der Waals surface area contributed by atoms with Crippen LogP contribution in [0.25, 0.3) is 11.1 Å². The van der Waals surface area contributed by atoms with Gasteiger partial charge >= 0.3 is 16.2 Å². The minimum absolute atomic E-state index is 0.172. The first-order valence-electron chi connectivity index (χ1n) is 12.9. The molecule has 0 spiro atoms. The zero-order valence-electron chi connectivity index (χ0n) is 22.8. The highest BCUT2D eigenvalue weighted by molar-refractivity contribution is 7.86. The molecule has 11 heteroatoms. The Kier molecular flexibility index (Phi) is 9.26. The zero-order chi connectivity index (χ0) is 28.8. The molecule has 3 amide bonds. The van der Waals surface area contributed by atoms with Crippen LogP contribution in [0.3, 0.4) is 0 Å². The Hall–Kier alpha value is -3.60. The van der Waals surface area contributed by atoms with Gasteiger partial charge in [0.1, 0.15) is 22.9 Å². The molecular weight excluding hydrogens is 522 g/mol. The monoisotopic (exact) mass is 559 g/mol. The molecule has 0 bridgehead atoms. The van der Waals surface area contributed by atoms with Crippen molar-refractivity contribution in [1.29, 1.82) is 0 Å². The molecule has 0 heterocycles. The topological polar surface area (TPSA) is 154 Å². The number of benzene rings is 2. The molecule has 1 fully saturated rings. The molecule has 1 atom stereocenters. The number of hydrogen-bond donors (Lipinski definition) is 3. The largest absolute Gasteiger partial charge is 0.444 e. The summed E-state index contributed by atoms with van der Waals surface area (Å²) in [5.74, 6) is -0.920. The maximum absolute atomic E-state index is 13.4. The lowest BCUT2D eigenvalue weighted by Crippen LogP contribution is -2.63. The summed E-state index contributed by atoms with van der Waals surface area (Å²) in [5.41, 5.74) is 6.24. The van der Waals surface area contributed by atoms with Crippen LogP contribution in [-0.2, 0) is 30.9 Å². The summed E-state index contributed by atoms with van der Waals surface area (Å²) in [6.07, 6.45) is 3.81. The van der Waals surface area contributed by atoms with Gasteiger partial charge in [0.05, 0.1) is 6.26 Å². The Morgan fingerprint density at radius 1 is 0.949 bits per heavy atom. The van der Waals surface area contributed by atoms with Crippen molar-refractivity contribution in [2.45, 2.75) is 76.5 Å². The van der Waals surface area contributed by atoms with Crippen LogP contribution in [0.2, 0.25) is 0 Å². The van der Waals surface area contributed by atoms with E-state index in [9.17, 15) is 22.8 Å². The third-order valence-electron chi connectivity index (χ3n) is 6.36. The van der Waals surface area contributed by atoms with Crippen LogP contribution < -0.4 is 20.6 Å². The van der Waals surface area contributed by atoms with E-state index in [4.69, 9.17) is 14.7 Å². The second kappa shape index (κ2) is 12.1. The van der Waals surface area contributed by atoms with E-state index in [1.165, 1.54) is 0 Å². The van der Waals surface area contributed by atoms with Gasteiger partial charge in [-0.15, -0.1) is 0 Å². The van der Waals surface area contributed by atoms with E-state index < -0.39 is 45.2 Å². The predicted octanol–water partition coefficient (Wildman–Crippen LogP) is 3.43. The molecule has 1 saturated carbocycles. The Balaban J connectivity index is 1.70. The number of ether oxygens (including phenoxy) is 1. The Bertz CT molecular complexity index is 1280. The first-order valence-corrected chi connectivity index (χ1v) is 14.7. The molecule has 4 N–H and O–H groups in total. The number of nitrogens with one attached hydrogen (secondary N) is 2. The van der Waals surface area contributed by atoms with E-state index in [1.807, 2.05) is 24.3 Å². The van der Waals surface area contributed by atoms with Crippen LogP contribution in [0.4, 0.5) is 4.79 Å². The lowest BCUT2D eigenvalue weighted by atomic mass is 9.80. The standard InChI is InChI=1S/C28H37N3O7S/c1-27(2,3)37-26(34)31-28(16-6-5-7-17-28)25(33)30-23(24(29)32)18-19-8-10-20(11-9-19)21-12-14-22(15-13-21)38-39(4,35)36/h8-15,23H,5-7,16-18H2,1-4H3,(H2,29,32)(H,30,33)(H,31,34). The fraction of sp³-hybridized carbons (Fsp3) is 0.464. The third-order valence-corrected chi connectivity index (χ3v) is 6.85. The molecule has 2 aromatic carbocycles. The summed E-state index contributed by atoms with van der Waals surface area (Å²) in [6.45, 7) is 5.24. The highest BCUT2D eigenvalue weighted by atomic mass is 32.2. The van der Waals surface area contributed by atoms with Crippen molar-refractivity contribution in [3.63, 3.8) is 0 Å². The van der Waals surface area contributed by atoms with Crippen molar-refractivity contribution in [1.82, 2.24) is 10.6 Å². The van der Waals surface area contributed by atoms with E-state index in [-0.39, 0.29) is 12.2 Å². The number of alkyl carbamates (subject to hydrolysis) is 1. The van der Waals surface area contributed by atoms with Crippen molar-refractivity contribution in [2.75, 3.05) is 6.26 Å². The van der Waals surface area contributed by atoms with Gasteiger partial charge in [-0.1, -0.05) is 55.7 Å².